The highest BCUT2D eigenvalue weighted by atomic mass is 19.3. The van der Waals surface area contributed by atoms with Crippen molar-refractivity contribution in [3.63, 3.8) is 0 Å². The molecule has 0 bridgehead atoms. The first-order valence-corrected chi connectivity index (χ1v) is 12.8. The van der Waals surface area contributed by atoms with Gasteiger partial charge in [0, 0.05) is 36.3 Å². The number of amides is 1. The molecule has 0 saturated heterocycles. The number of fused-ring (bicyclic) bond motifs is 2. The molecule has 0 aliphatic heterocycles. The second-order valence-electron chi connectivity index (χ2n) is 9.93. The minimum Gasteiger partial charge on any atom is -0.351 e. The third kappa shape index (κ3) is 4.98. The maximum Gasteiger partial charge on any atom is 0.262 e. The lowest BCUT2D eigenvalue weighted by atomic mass is 9.88. The number of hydrogen-bond acceptors (Lipinski definition) is 6. The number of nitrogens with zero attached hydrogens (tertiary/aromatic N) is 4. The van der Waals surface area contributed by atoms with Gasteiger partial charge in [0.25, 0.3) is 6.43 Å². The van der Waals surface area contributed by atoms with E-state index in [1.54, 1.807) is 36.7 Å². The van der Waals surface area contributed by atoms with Gasteiger partial charge in [-0.1, -0.05) is 53.7 Å². The average Bonchev–Trinajstić information content (AvgIpc) is 3.58. The van der Waals surface area contributed by atoms with Crippen LogP contribution in [0.15, 0.2) is 60.9 Å². The summed E-state index contributed by atoms with van der Waals surface area (Å²) in [6.07, 6.45) is 4.16. The Bertz CT molecular complexity index is 1400. The van der Waals surface area contributed by atoms with Crippen molar-refractivity contribution in [1.82, 2.24) is 30.7 Å². The molecule has 194 valence electrons. The summed E-state index contributed by atoms with van der Waals surface area (Å²) in [5.74, 6) is -0.241. The summed E-state index contributed by atoms with van der Waals surface area (Å²) in [6, 6.07) is 14.0. The standard InChI is InChI=1S/C28H27F2N7O/c29-26(30)25(34-27(38)20-9-10-23-24(13-20)36-37-35-23)17-7-5-16(6-8-17)21-14-31-28(32-15-21)33-22-11-18-3-1-2-4-19(18)12-22/h1-8,14-15,20,22,25-26H,9-13H2,(H,34,38)(H,31,32,33)(H,35,36,37)/t20-,25?/m0/s1. The molecule has 2 atom stereocenters. The molecule has 3 N–H and O–H groups in total. The van der Waals surface area contributed by atoms with Crippen LogP contribution in [0.2, 0.25) is 0 Å². The molecular weight excluding hydrogens is 488 g/mol. The van der Waals surface area contributed by atoms with Gasteiger partial charge in [0.2, 0.25) is 11.9 Å². The zero-order valence-corrected chi connectivity index (χ0v) is 20.6. The van der Waals surface area contributed by atoms with Gasteiger partial charge < -0.3 is 10.6 Å². The Morgan fingerprint density at radius 2 is 1.66 bits per heavy atom. The van der Waals surface area contributed by atoms with E-state index in [9.17, 15) is 13.6 Å². The van der Waals surface area contributed by atoms with Gasteiger partial charge in [0.05, 0.1) is 11.4 Å². The number of aryl methyl sites for hydroxylation is 1. The Kier molecular flexibility index (Phi) is 6.53. The number of rotatable bonds is 7. The van der Waals surface area contributed by atoms with E-state index < -0.39 is 24.3 Å². The molecule has 8 nitrogen and oxygen atoms in total. The van der Waals surface area contributed by atoms with Crippen molar-refractivity contribution >= 4 is 11.9 Å². The molecule has 0 saturated carbocycles. The molecule has 4 aromatic rings. The fraction of sp³-hybridized carbons (Fsp3) is 0.321. The van der Waals surface area contributed by atoms with E-state index in [2.05, 4.69) is 60.3 Å². The number of carbonyl (C=O) groups excluding carboxylic acids is 1. The first-order chi connectivity index (χ1) is 18.5. The van der Waals surface area contributed by atoms with Gasteiger partial charge >= 0.3 is 0 Å². The molecule has 10 heteroatoms. The van der Waals surface area contributed by atoms with Gasteiger partial charge in [-0.2, -0.15) is 0 Å². The second-order valence-corrected chi connectivity index (χ2v) is 9.93. The van der Waals surface area contributed by atoms with Crippen molar-refractivity contribution in [3.05, 3.63) is 89.0 Å². The lowest BCUT2D eigenvalue weighted by Crippen LogP contribution is -2.39. The van der Waals surface area contributed by atoms with Gasteiger partial charge in [0.1, 0.15) is 6.04 Å². The molecule has 0 fully saturated rings. The number of halogens is 2. The molecule has 0 spiro atoms. The predicted molar refractivity (Wildman–Crippen MR) is 138 cm³/mol. The molecule has 2 aliphatic rings. The van der Waals surface area contributed by atoms with E-state index in [1.165, 1.54) is 11.1 Å². The van der Waals surface area contributed by atoms with Crippen LogP contribution in [0.1, 0.15) is 40.5 Å². The third-order valence-corrected chi connectivity index (χ3v) is 7.45. The molecule has 2 heterocycles. The van der Waals surface area contributed by atoms with E-state index in [0.717, 1.165) is 35.4 Å². The molecule has 6 rings (SSSR count). The number of benzene rings is 2. The number of alkyl halides is 2. The van der Waals surface area contributed by atoms with Crippen molar-refractivity contribution in [2.24, 2.45) is 5.92 Å². The molecule has 38 heavy (non-hydrogen) atoms. The van der Waals surface area contributed by atoms with Crippen LogP contribution in [-0.4, -0.2) is 43.8 Å². The fourth-order valence-corrected chi connectivity index (χ4v) is 5.35. The zero-order valence-electron chi connectivity index (χ0n) is 20.6. The Labute approximate surface area is 218 Å². The Balaban J connectivity index is 1.09. The van der Waals surface area contributed by atoms with Crippen LogP contribution in [0.4, 0.5) is 14.7 Å². The number of nitrogens with one attached hydrogen (secondary N) is 3. The van der Waals surface area contributed by atoms with Crippen molar-refractivity contribution < 1.29 is 13.6 Å². The highest BCUT2D eigenvalue weighted by molar-refractivity contribution is 5.79. The van der Waals surface area contributed by atoms with Gasteiger partial charge in [-0.3, -0.25) is 9.89 Å². The van der Waals surface area contributed by atoms with Crippen molar-refractivity contribution in [2.75, 3.05) is 5.32 Å². The molecule has 2 aromatic heterocycles. The van der Waals surface area contributed by atoms with Gasteiger partial charge in [-0.25, -0.2) is 18.7 Å². The SMILES string of the molecule is O=C(NC(c1ccc(-c2cnc(NC3Cc4ccccc4C3)nc2)cc1)C(F)F)[C@H]1CCc2[nH]nnc2C1. The molecule has 0 radical (unpaired) electrons. The Morgan fingerprint density at radius 1 is 0.947 bits per heavy atom. The number of carbonyl (C=O) groups is 1. The van der Waals surface area contributed by atoms with E-state index in [-0.39, 0.29) is 6.04 Å². The largest absolute Gasteiger partial charge is 0.351 e. The summed E-state index contributed by atoms with van der Waals surface area (Å²) in [4.78, 5) is 21.7. The van der Waals surface area contributed by atoms with Gasteiger partial charge in [-0.05, 0) is 47.9 Å². The number of aromatic nitrogens is 5. The quantitative estimate of drug-likeness (QED) is 0.343. The second kappa shape index (κ2) is 10.3. The van der Waals surface area contributed by atoms with Crippen molar-refractivity contribution in [2.45, 2.75) is 50.6 Å². The number of H-pyrrole nitrogens is 1. The zero-order chi connectivity index (χ0) is 26.1. The molecule has 1 unspecified atom stereocenters. The van der Waals surface area contributed by atoms with Crippen molar-refractivity contribution in [3.8, 4) is 11.1 Å². The summed E-state index contributed by atoms with van der Waals surface area (Å²) >= 11 is 0. The molecule has 2 aliphatic carbocycles. The van der Waals surface area contributed by atoms with Crippen LogP contribution in [0.3, 0.4) is 0 Å². The summed E-state index contributed by atoms with van der Waals surface area (Å²) in [7, 11) is 0. The van der Waals surface area contributed by atoms with Crippen LogP contribution in [-0.2, 0) is 30.5 Å². The van der Waals surface area contributed by atoms with Crippen LogP contribution >= 0.6 is 0 Å². The topological polar surface area (TPSA) is 108 Å². The Morgan fingerprint density at radius 3 is 2.34 bits per heavy atom. The van der Waals surface area contributed by atoms with E-state index in [4.69, 9.17) is 0 Å². The first kappa shape index (κ1) is 24.1. The lowest BCUT2D eigenvalue weighted by molar-refractivity contribution is -0.127. The van der Waals surface area contributed by atoms with Crippen LogP contribution in [0, 0.1) is 5.92 Å². The highest BCUT2D eigenvalue weighted by Crippen LogP contribution is 2.28. The van der Waals surface area contributed by atoms with E-state index >= 15 is 0 Å². The number of anilines is 1. The maximum atomic E-state index is 14.0. The summed E-state index contributed by atoms with van der Waals surface area (Å²) < 4.78 is 27.9. The first-order valence-electron chi connectivity index (χ1n) is 12.8. The minimum absolute atomic E-state index is 0.255. The maximum absolute atomic E-state index is 14.0. The van der Waals surface area contributed by atoms with Crippen LogP contribution < -0.4 is 10.6 Å². The lowest BCUT2D eigenvalue weighted by Gasteiger charge is -2.24. The van der Waals surface area contributed by atoms with E-state index in [1.807, 2.05) is 0 Å². The molecular formula is C28H27F2N7O. The minimum atomic E-state index is -2.74. The number of hydrogen-bond donors (Lipinski definition) is 3. The third-order valence-electron chi connectivity index (χ3n) is 7.45. The summed E-state index contributed by atoms with van der Waals surface area (Å²) in [6.45, 7) is 0. The normalized spacial score (nSPS) is 17.6. The van der Waals surface area contributed by atoms with Crippen LogP contribution in [0.5, 0.6) is 0 Å². The van der Waals surface area contributed by atoms with Gasteiger partial charge in [-0.15, -0.1) is 5.10 Å². The summed E-state index contributed by atoms with van der Waals surface area (Å²) in [5, 5.41) is 16.5. The monoisotopic (exact) mass is 515 g/mol. The Hall–Kier alpha value is -4.21. The fourth-order valence-electron chi connectivity index (χ4n) is 5.35. The predicted octanol–water partition coefficient (Wildman–Crippen LogP) is 4.07. The molecule has 2 aromatic carbocycles. The van der Waals surface area contributed by atoms with Crippen molar-refractivity contribution in [1.29, 1.82) is 0 Å². The van der Waals surface area contributed by atoms with E-state index in [0.29, 0.717) is 30.8 Å². The summed E-state index contributed by atoms with van der Waals surface area (Å²) in [5.41, 5.74) is 6.26. The smallest absolute Gasteiger partial charge is 0.262 e. The number of aromatic amines is 1. The highest BCUT2D eigenvalue weighted by Gasteiger charge is 2.31. The average molecular weight is 516 g/mol. The van der Waals surface area contributed by atoms with Crippen LogP contribution in [0.25, 0.3) is 11.1 Å². The molecule has 1 amide bonds. The van der Waals surface area contributed by atoms with Gasteiger partial charge in [0.15, 0.2) is 0 Å².